The van der Waals surface area contributed by atoms with Gasteiger partial charge in [-0.15, -0.1) is 0 Å². The maximum atomic E-state index is 5.83. The monoisotopic (exact) mass is 279 g/mol. The number of aromatic nitrogens is 2. The van der Waals surface area contributed by atoms with Gasteiger partial charge in [0.15, 0.2) is 12.5 Å². The topological polar surface area (TPSA) is 53.1 Å². The number of nitrogens with zero attached hydrogens (tertiary/aromatic N) is 2. The minimum atomic E-state index is 0.0960. The lowest BCUT2D eigenvalue weighted by atomic mass is 9.87. The number of nitrogens with two attached hydrogens (primary N) is 1. The van der Waals surface area contributed by atoms with Crippen molar-refractivity contribution in [1.82, 2.24) is 9.78 Å². The molecule has 0 aliphatic carbocycles. The molecule has 2 rings (SSSR count). The van der Waals surface area contributed by atoms with E-state index in [9.17, 15) is 0 Å². The summed E-state index contributed by atoms with van der Waals surface area (Å²) in [5.41, 5.74) is 6.89. The number of hydrogen-bond donors (Lipinski definition) is 1. The van der Waals surface area contributed by atoms with Crippen molar-refractivity contribution in [3.63, 3.8) is 0 Å². The molecule has 0 bridgehead atoms. The Kier molecular flexibility index (Phi) is 3.71. The van der Waals surface area contributed by atoms with Gasteiger partial charge in [0.25, 0.3) is 0 Å². The molecule has 1 aromatic heterocycles. The van der Waals surface area contributed by atoms with Gasteiger partial charge < -0.3 is 10.5 Å². The molecule has 2 N–H and O–H groups in total. The molecule has 19 heavy (non-hydrogen) atoms. The Morgan fingerprint density at radius 1 is 1.37 bits per heavy atom. The molecule has 5 heteroatoms. The average Bonchev–Trinajstić information content (AvgIpc) is 2.66. The third kappa shape index (κ3) is 3.41. The largest absolute Gasteiger partial charge is 0.471 e. The molecule has 0 atom stereocenters. The first-order valence-electron chi connectivity index (χ1n) is 6.08. The van der Waals surface area contributed by atoms with Crippen LogP contribution in [0.5, 0.6) is 5.75 Å². The van der Waals surface area contributed by atoms with Crippen molar-refractivity contribution in [2.45, 2.75) is 32.9 Å². The SMILES string of the molecule is CC(C)(C)c1cccc(OCn2cc(Cl)c(N)n2)c1. The predicted molar refractivity (Wildman–Crippen MR) is 77.4 cm³/mol. The van der Waals surface area contributed by atoms with E-state index in [-0.39, 0.29) is 12.1 Å². The summed E-state index contributed by atoms with van der Waals surface area (Å²) in [5.74, 6) is 1.12. The summed E-state index contributed by atoms with van der Waals surface area (Å²) in [6.07, 6.45) is 1.64. The third-order valence-electron chi connectivity index (χ3n) is 2.81. The van der Waals surface area contributed by atoms with Gasteiger partial charge in [0.05, 0.1) is 0 Å². The van der Waals surface area contributed by atoms with Gasteiger partial charge in [0.1, 0.15) is 10.8 Å². The summed E-state index contributed by atoms with van der Waals surface area (Å²) in [5, 5.41) is 4.47. The van der Waals surface area contributed by atoms with Crippen LogP contribution in [0, 0.1) is 0 Å². The summed E-state index contributed by atoms with van der Waals surface area (Å²) < 4.78 is 7.25. The molecule has 0 fully saturated rings. The highest BCUT2D eigenvalue weighted by atomic mass is 35.5. The first-order chi connectivity index (χ1) is 8.86. The molecule has 0 amide bonds. The van der Waals surface area contributed by atoms with Gasteiger partial charge in [-0.3, -0.25) is 0 Å². The van der Waals surface area contributed by atoms with Crippen LogP contribution in [0.25, 0.3) is 0 Å². The molecule has 0 saturated heterocycles. The number of halogens is 1. The fourth-order valence-electron chi connectivity index (χ4n) is 1.67. The maximum Gasteiger partial charge on any atom is 0.181 e. The van der Waals surface area contributed by atoms with Crippen LogP contribution in [0.1, 0.15) is 26.3 Å². The second-order valence-corrected chi connectivity index (χ2v) is 5.86. The normalized spacial score (nSPS) is 11.6. The van der Waals surface area contributed by atoms with E-state index < -0.39 is 0 Å². The van der Waals surface area contributed by atoms with Crippen molar-refractivity contribution in [2.75, 3.05) is 5.73 Å². The van der Waals surface area contributed by atoms with Crippen molar-refractivity contribution in [3.05, 3.63) is 41.0 Å². The molecule has 0 aliphatic rings. The van der Waals surface area contributed by atoms with Crippen LogP contribution in [0.4, 0.5) is 5.82 Å². The molecule has 1 aromatic carbocycles. The Labute approximate surface area is 118 Å². The first kappa shape index (κ1) is 13.7. The molecular weight excluding hydrogens is 262 g/mol. The van der Waals surface area contributed by atoms with E-state index in [0.717, 1.165) is 5.75 Å². The number of nitrogen functional groups attached to an aromatic ring is 1. The van der Waals surface area contributed by atoms with Gasteiger partial charge in [-0.1, -0.05) is 44.5 Å². The van der Waals surface area contributed by atoms with Crippen LogP contribution in [0.3, 0.4) is 0 Å². The summed E-state index contributed by atoms with van der Waals surface area (Å²) in [6, 6.07) is 8.04. The minimum absolute atomic E-state index is 0.0960. The number of benzene rings is 1. The molecule has 4 nitrogen and oxygen atoms in total. The maximum absolute atomic E-state index is 5.83. The van der Waals surface area contributed by atoms with Crippen molar-refractivity contribution in [1.29, 1.82) is 0 Å². The third-order valence-corrected chi connectivity index (χ3v) is 3.10. The van der Waals surface area contributed by atoms with Crippen LogP contribution in [0.2, 0.25) is 5.02 Å². The van der Waals surface area contributed by atoms with E-state index in [1.165, 1.54) is 5.56 Å². The quantitative estimate of drug-likeness (QED) is 0.936. The van der Waals surface area contributed by atoms with E-state index in [1.807, 2.05) is 18.2 Å². The van der Waals surface area contributed by atoms with Crippen LogP contribution in [-0.2, 0) is 12.1 Å². The molecule has 2 aromatic rings. The Bertz CT molecular complexity index is 553. The molecule has 0 spiro atoms. The standard InChI is InChI=1S/C14H18ClN3O/c1-14(2,3)10-5-4-6-11(7-10)19-9-18-8-12(15)13(16)17-18/h4-8H,9H2,1-3H3,(H2,16,17). The second-order valence-electron chi connectivity index (χ2n) is 5.45. The average molecular weight is 280 g/mol. The highest BCUT2D eigenvalue weighted by Crippen LogP contribution is 2.25. The molecule has 0 saturated carbocycles. The van der Waals surface area contributed by atoms with Crippen LogP contribution < -0.4 is 10.5 Å². The fourth-order valence-corrected chi connectivity index (χ4v) is 1.82. The van der Waals surface area contributed by atoms with E-state index in [4.69, 9.17) is 22.1 Å². The van der Waals surface area contributed by atoms with Gasteiger partial charge in [0, 0.05) is 6.20 Å². The van der Waals surface area contributed by atoms with Gasteiger partial charge in [0.2, 0.25) is 0 Å². The highest BCUT2D eigenvalue weighted by Gasteiger charge is 2.14. The van der Waals surface area contributed by atoms with Crippen LogP contribution in [0.15, 0.2) is 30.5 Å². The second kappa shape index (κ2) is 5.13. The fraction of sp³-hybridized carbons (Fsp3) is 0.357. The number of anilines is 1. The van der Waals surface area contributed by atoms with Crippen LogP contribution >= 0.6 is 11.6 Å². The molecule has 102 valence electrons. The van der Waals surface area contributed by atoms with E-state index in [0.29, 0.717) is 10.8 Å². The first-order valence-corrected chi connectivity index (χ1v) is 6.46. The molecule has 1 heterocycles. The van der Waals surface area contributed by atoms with Gasteiger partial charge in [-0.25, -0.2) is 4.68 Å². The van der Waals surface area contributed by atoms with Gasteiger partial charge in [-0.2, -0.15) is 5.10 Å². The van der Waals surface area contributed by atoms with Crippen molar-refractivity contribution >= 4 is 17.4 Å². The van der Waals surface area contributed by atoms with Crippen molar-refractivity contribution in [3.8, 4) is 5.75 Å². The summed E-state index contributed by atoms with van der Waals surface area (Å²) in [6.45, 7) is 6.78. The van der Waals surface area contributed by atoms with Gasteiger partial charge in [-0.05, 0) is 23.1 Å². The zero-order valence-electron chi connectivity index (χ0n) is 11.4. The van der Waals surface area contributed by atoms with Gasteiger partial charge >= 0.3 is 0 Å². The Balaban J connectivity index is 2.07. The van der Waals surface area contributed by atoms with Crippen molar-refractivity contribution < 1.29 is 4.74 Å². The Morgan fingerprint density at radius 2 is 2.11 bits per heavy atom. The van der Waals surface area contributed by atoms with Crippen molar-refractivity contribution in [2.24, 2.45) is 0 Å². The number of hydrogen-bond acceptors (Lipinski definition) is 3. The lowest BCUT2D eigenvalue weighted by Crippen LogP contribution is -2.11. The zero-order valence-corrected chi connectivity index (χ0v) is 12.1. The zero-order chi connectivity index (χ0) is 14.0. The lowest BCUT2D eigenvalue weighted by molar-refractivity contribution is 0.221. The number of ether oxygens (including phenoxy) is 1. The summed E-state index contributed by atoms with van der Waals surface area (Å²) in [7, 11) is 0. The molecular formula is C14H18ClN3O. The minimum Gasteiger partial charge on any atom is -0.471 e. The smallest absolute Gasteiger partial charge is 0.181 e. The Morgan fingerprint density at radius 3 is 2.68 bits per heavy atom. The summed E-state index contributed by atoms with van der Waals surface area (Å²) >= 11 is 5.83. The van der Waals surface area contributed by atoms with E-state index >= 15 is 0 Å². The van der Waals surface area contributed by atoms with E-state index in [1.54, 1.807) is 10.9 Å². The lowest BCUT2D eigenvalue weighted by Gasteiger charge is -2.19. The van der Waals surface area contributed by atoms with E-state index in [2.05, 4.69) is 31.9 Å². The van der Waals surface area contributed by atoms with Crippen LogP contribution in [-0.4, -0.2) is 9.78 Å². The number of rotatable bonds is 3. The molecule has 0 aliphatic heterocycles. The summed E-state index contributed by atoms with van der Waals surface area (Å²) in [4.78, 5) is 0. The highest BCUT2D eigenvalue weighted by molar-refractivity contribution is 6.32. The molecule has 0 unspecified atom stereocenters. The predicted octanol–water partition coefficient (Wildman–Crippen LogP) is 3.45. The Hall–Kier alpha value is -1.68. The molecule has 0 radical (unpaired) electrons.